The van der Waals surface area contributed by atoms with E-state index in [9.17, 15) is 9.90 Å². The van der Waals surface area contributed by atoms with Crippen molar-refractivity contribution in [2.24, 2.45) is 0 Å². The summed E-state index contributed by atoms with van der Waals surface area (Å²) < 4.78 is 4.92. The van der Waals surface area contributed by atoms with Crippen molar-refractivity contribution in [2.75, 3.05) is 19.5 Å². The predicted molar refractivity (Wildman–Crippen MR) is 66.4 cm³/mol. The molecule has 0 bridgehead atoms. The third-order valence-corrected chi connectivity index (χ3v) is 2.63. The zero-order chi connectivity index (χ0) is 13.1. The van der Waals surface area contributed by atoms with Gasteiger partial charge in [0.15, 0.2) is 11.5 Å². The van der Waals surface area contributed by atoms with Crippen molar-refractivity contribution >= 4 is 11.6 Å². The normalized spacial score (nSPS) is 11.1. The summed E-state index contributed by atoms with van der Waals surface area (Å²) in [6.07, 6.45) is 0. The summed E-state index contributed by atoms with van der Waals surface area (Å²) in [7, 11) is 3.18. The van der Waals surface area contributed by atoms with Crippen LogP contribution in [0.5, 0.6) is 11.5 Å². The maximum atomic E-state index is 11.8. The number of rotatable bonds is 4. The standard InChI is InChI=1S/C12H18N2O3/c1-12(2,13-3)11(16)14-8-5-6-10(17-4)9(15)7-8/h5-7,13,15H,1-4H3,(H,14,16). The molecule has 5 nitrogen and oxygen atoms in total. The van der Waals surface area contributed by atoms with Crippen molar-refractivity contribution in [3.05, 3.63) is 18.2 Å². The van der Waals surface area contributed by atoms with Crippen LogP contribution in [-0.4, -0.2) is 30.7 Å². The van der Waals surface area contributed by atoms with Gasteiger partial charge in [-0.25, -0.2) is 0 Å². The van der Waals surface area contributed by atoms with E-state index in [-0.39, 0.29) is 11.7 Å². The highest BCUT2D eigenvalue weighted by molar-refractivity contribution is 5.97. The highest BCUT2D eigenvalue weighted by Crippen LogP contribution is 2.28. The second-order valence-corrected chi connectivity index (χ2v) is 4.22. The first kappa shape index (κ1) is 13.3. The van der Waals surface area contributed by atoms with Crippen molar-refractivity contribution in [1.82, 2.24) is 5.32 Å². The lowest BCUT2D eigenvalue weighted by Gasteiger charge is -2.22. The van der Waals surface area contributed by atoms with Gasteiger partial charge in [0.1, 0.15) is 0 Å². The SMILES string of the molecule is CNC(C)(C)C(=O)Nc1ccc(OC)c(O)c1. The van der Waals surface area contributed by atoms with Crippen LogP contribution in [0.4, 0.5) is 5.69 Å². The number of amides is 1. The molecule has 0 aromatic heterocycles. The molecule has 0 saturated carbocycles. The average molecular weight is 238 g/mol. The zero-order valence-electron chi connectivity index (χ0n) is 10.5. The van der Waals surface area contributed by atoms with E-state index in [0.29, 0.717) is 11.4 Å². The van der Waals surface area contributed by atoms with Gasteiger partial charge in [0, 0.05) is 11.8 Å². The number of hydrogen-bond donors (Lipinski definition) is 3. The highest BCUT2D eigenvalue weighted by Gasteiger charge is 2.25. The molecule has 17 heavy (non-hydrogen) atoms. The number of phenolic OH excluding ortho intramolecular Hbond substituents is 1. The molecule has 0 aliphatic heterocycles. The van der Waals surface area contributed by atoms with Crippen molar-refractivity contribution in [3.63, 3.8) is 0 Å². The minimum absolute atomic E-state index is 0.00689. The van der Waals surface area contributed by atoms with E-state index < -0.39 is 5.54 Å². The number of likely N-dealkylation sites (N-methyl/N-ethyl adjacent to an activating group) is 1. The second-order valence-electron chi connectivity index (χ2n) is 4.22. The van der Waals surface area contributed by atoms with E-state index in [1.54, 1.807) is 33.0 Å². The Labute approximate surface area is 101 Å². The van der Waals surface area contributed by atoms with Crippen LogP contribution in [0.3, 0.4) is 0 Å². The molecule has 1 amide bonds. The molecule has 0 unspecified atom stereocenters. The van der Waals surface area contributed by atoms with Crippen molar-refractivity contribution in [2.45, 2.75) is 19.4 Å². The Morgan fingerprint density at radius 1 is 1.41 bits per heavy atom. The van der Waals surface area contributed by atoms with Gasteiger partial charge in [-0.1, -0.05) is 0 Å². The van der Waals surface area contributed by atoms with Crippen LogP contribution in [0.15, 0.2) is 18.2 Å². The largest absolute Gasteiger partial charge is 0.504 e. The average Bonchev–Trinajstić information content (AvgIpc) is 2.29. The van der Waals surface area contributed by atoms with Crippen LogP contribution in [0.1, 0.15) is 13.8 Å². The molecular weight excluding hydrogens is 220 g/mol. The molecule has 3 N–H and O–H groups in total. The summed E-state index contributed by atoms with van der Waals surface area (Å²) in [4.78, 5) is 11.8. The summed E-state index contributed by atoms with van der Waals surface area (Å²) in [6.45, 7) is 3.54. The summed E-state index contributed by atoms with van der Waals surface area (Å²) >= 11 is 0. The van der Waals surface area contributed by atoms with E-state index in [1.807, 2.05) is 0 Å². The van der Waals surface area contributed by atoms with E-state index in [1.165, 1.54) is 13.2 Å². The minimum Gasteiger partial charge on any atom is -0.504 e. The van der Waals surface area contributed by atoms with Gasteiger partial charge in [-0.05, 0) is 33.0 Å². The number of phenols is 1. The fourth-order valence-electron chi connectivity index (χ4n) is 1.17. The smallest absolute Gasteiger partial charge is 0.244 e. The summed E-state index contributed by atoms with van der Waals surface area (Å²) in [5.74, 6) is 0.188. The Balaban J connectivity index is 2.83. The number of carbonyl (C=O) groups is 1. The van der Waals surface area contributed by atoms with E-state index in [4.69, 9.17) is 4.74 Å². The fraction of sp³-hybridized carbons (Fsp3) is 0.417. The predicted octanol–water partition coefficient (Wildman–Crippen LogP) is 1.34. The van der Waals surface area contributed by atoms with Crippen LogP contribution in [0.25, 0.3) is 0 Å². The van der Waals surface area contributed by atoms with Crippen molar-refractivity contribution in [3.8, 4) is 11.5 Å². The molecule has 0 fully saturated rings. The number of carbonyl (C=O) groups excluding carboxylic acids is 1. The number of nitrogens with one attached hydrogen (secondary N) is 2. The molecule has 0 heterocycles. The first-order valence-electron chi connectivity index (χ1n) is 5.28. The Morgan fingerprint density at radius 3 is 2.53 bits per heavy atom. The van der Waals surface area contributed by atoms with Gasteiger partial charge < -0.3 is 20.5 Å². The fourth-order valence-corrected chi connectivity index (χ4v) is 1.17. The Hall–Kier alpha value is -1.75. The lowest BCUT2D eigenvalue weighted by molar-refractivity contribution is -0.121. The monoisotopic (exact) mass is 238 g/mol. The third-order valence-electron chi connectivity index (χ3n) is 2.63. The lowest BCUT2D eigenvalue weighted by Crippen LogP contribution is -2.47. The topological polar surface area (TPSA) is 70.6 Å². The van der Waals surface area contributed by atoms with E-state index in [2.05, 4.69) is 10.6 Å². The van der Waals surface area contributed by atoms with Gasteiger partial charge in [0.05, 0.1) is 12.6 Å². The molecule has 5 heteroatoms. The highest BCUT2D eigenvalue weighted by atomic mass is 16.5. The van der Waals surface area contributed by atoms with Crippen molar-refractivity contribution in [1.29, 1.82) is 0 Å². The third kappa shape index (κ3) is 3.10. The first-order valence-corrected chi connectivity index (χ1v) is 5.28. The maximum absolute atomic E-state index is 11.8. The van der Waals surface area contributed by atoms with Crippen LogP contribution < -0.4 is 15.4 Å². The van der Waals surface area contributed by atoms with Gasteiger partial charge >= 0.3 is 0 Å². The number of hydrogen-bond acceptors (Lipinski definition) is 4. The number of anilines is 1. The quantitative estimate of drug-likeness (QED) is 0.740. The molecule has 0 saturated heterocycles. The molecule has 1 aromatic rings. The van der Waals surface area contributed by atoms with Crippen LogP contribution >= 0.6 is 0 Å². The molecule has 0 spiro atoms. The van der Waals surface area contributed by atoms with Crippen LogP contribution in [-0.2, 0) is 4.79 Å². The number of benzene rings is 1. The van der Waals surface area contributed by atoms with Gasteiger partial charge in [-0.15, -0.1) is 0 Å². The molecule has 94 valence electrons. The lowest BCUT2D eigenvalue weighted by atomic mass is 10.1. The molecule has 0 atom stereocenters. The molecule has 0 aliphatic rings. The summed E-state index contributed by atoms with van der Waals surface area (Å²) in [5, 5.41) is 15.2. The first-order chi connectivity index (χ1) is 7.90. The summed E-state index contributed by atoms with van der Waals surface area (Å²) in [5.41, 5.74) is -0.146. The zero-order valence-corrected chi connectivity index (χ0v) is 10.5. The second kappa shape index (κ2) is 5.05. The maximum Gasteiger partial charge on any atom is 0.244 e. The molecule has 1 rings (SSSR count). The van der Waals surface area contributed by atoms with E-state index >= 15 is 0 Å². The Morgan fingerprint density at radius 2 is 2.06 bits per heavy atom. The van der Waals surface area contributed by atoms with Gasteiger partial charge in [0.25, 0.3) is 0 Å². The molecule has 1 aromatic carbocycles. The molecule has 0 radical (unpaired) electrons. The van der Waals surface area contributed by atoms with Crippen molar-refractivity contribution < 1.29 is 14.6 Å². The minimum atomic E-state index is -0.671. The van der Waals surface area contributed by atoms with Gasteiger partial charge in [0.2, 0.25) is 5.91 Å². The van der Waals surface area contributed by atoms with Gasteiger partial charge in [-0.2, -0.15) is 0 Å². The van der Waals surface area contributed by atoms with Crippen LogP contribution in [0.2, 0.25) is 0 Å². The van der Waals surface area contributed by atoms with Gasteiger partial charge in [-0.3, -0.25) is 4.79 Å². The van der Waals surface area contributed by atoms with E-state index in [0.717, 1.165) is 0 Å². The molecular formula is C12H18N2O3. The number of methoxy groups -OCH3 is 1. The number of ether oxygens (including phenoxy) is 1. The Kier molecular flexibility index (Phi) is 3.96. The Bertz CT molecular complexity index is 416. The molecule has 0 aliphatic carbocycles. The summed E-state index contributed by atoms with van der Waals surface area (Å²) in [6, 6.07) is 4.71. The number of aromatic hydroxyl groups is 1. The van der Waals surface area contributed by atoms with Crippen LogP contribution in [0, 0.1) is 0 Å².